The summed E-state index contributed by atoms with van der Waals surface area (Å²) >= 11 is 0. The van der Waals surface area contributed by atoms with E-state index in [2.05, 4.69) is 145 Å². The van der Waals surface area contributed by atoms with Crippen LogP contribution in [0.15, 0.2) is 103 Å². The Labute approximate surface area is 211 Å². The number of hydrogen-bond donors (Lipinski definition) is 0. The summed E-state index contributed by atoms with van der Waals surface area (Å²) in [6.07, 6.45) is 8.71. The van der Waals surface area contributed by atoms with Crippen LogP contribution in [0.3, 0.4) is 0 Å². The van der Waals surface area contributed by atoms with E-state index in [0.717, 1.165) is 6.54 Å². The van der Waals surface area contributed by atoms with Gasteiger partial charge in [-0.3, -0.25) is 0 Å². The zero-order valence-corrected chi connectivity index (χ0v) is 21.1. The van der Waals surface area contributed by atoms with Crippen molar-refractivity contribution in [2.75, 3.05) is 0 Å². The number of para-hydroxylation sites is 2. The predicted molar refractivity (Wildman–Crippen MR) is 156 cm³/mol. The van der Waals surface area contributed by atoms with Crippen LogP contribution in [0.5, 0.6) is 0 Å². The molecule has 2 aromatic heterocycles. The van der Waals surface area contributed by atoms with E-state index in [0.29, 0.717) is 0 Å². The van der Waals surface area contributed by atoms with Gasteiger partial charge in [0.2, 0.25) is 0 Å². The molecule has 0 amide bonds. The standard InChI is InChI=1S/C34H30N2/c1-4-7-16-27-29-23-24(21-22-31(29)35(6-3)30(27)5-2)26-18-13-20-33-34(26)28-17-11-12-19-32(28)36(33)25-14-9-8-10-15-25/h4-5,7-23H,6H2,1-3H3/b7-4-,27-16-,30-5+. The van der Waals surface area contributed by atoms with Crippen LogP contribution in [-0.4, -0.2) is 9.13 Å². The molecule has 6 rings (SSSR count). The molecule has 36 heavy (non-hydrogen) atoms. The Bertz CT molecular complexity index is 1880. The molecular formula is C34H30N2. The van der Waals surface area contributed by atoms with Crippen molar-refractivity contribution in [1.82, 2.24) is 9.13 Å². The van der Waals surface area contributed by atoms with Gasteiger partial charge in [-0.2, -0.15) is 0 Å². The number of hydrogen-bond acceptors (Lipinski definition) is 0. The van der Waals surface area contributed by atoms with E-state index in [1.165, 1.54) is 60.1 Å². The molecule has 0 unspecified atom stereocenters. The summed E-state index contributed by atoms with van der Waals surface area (Å²) < 4.78 is 4.80. The normalized spacial score (nSPS) is 13.2. The molecule has 0 atom stereocenters. The highest BCUT2D eigenvalue weighted by atomic mass is 15.0. The Kier molecular flexibility index (Phi) is 5.58. The Hall–Kier alpha value is -4.30. The molecule has 0 spiro atoms. The summed E-state index contributed by atoms with van der Waals surface area (Å²) in [5.41, 5.74) is 7.44. The molecule has 4 aromatic carbocycles. The summed E-state index contributed by atoms with van der Waals surface area (Å²) in [7, 11) is 0. The van der Waals surface area contributed by atoms with Gasteiger partial charge >= 0.3 is 0 Å². The van der Waals surface area contributed by atoms with Gasteiger partial charge in [-0.05, 0) is 68.3 Å². The van der Waals surface area contributed by atoms with Gasteiger partial charge in [0.05, 0.1) is 11.0 Å². The molecule has 6 aromatic rings. The predicted octanol–water partition coefficient (Wildman–Crippen LogP) is 7.58. The Morgan fingerprint density at radius 3 is 2.28 bits per heavy atom. The second-order valence-corrected chi connectivity index (χ2v) is 9.14. The first-order valence-electron chi connectivity index (χ1n) is 12.8. The molecule has 0 aliphatic rings. The van der Waals surface area contributed by atoms with Crippen LogP contribution in [-0.2, 0) is 6.54 Å². The fourth-order valence-electron chi connectivity index (χ4n) is 5.70. The third-order valence-corrected chi connectivity index (χ3v) is 7.21. The number of rotatable bonds is 4. The van der Waals surface area contributed by atoms with Gasteiger partial charge in [0.25, 0.3) is 0 Å². The zero-order chi connectivity index (χ0) is 24.6. The van der Waals surface area contributed by atoms with E-state index in [1.54, 1.807) is 0 Å². The first kappa shape index (κ1) is 22.2. The van der Waals surface area contributed by atoms with E-state index < -0.39 is 0 Å². The van der Waals surface area contributed by atoms with Crippen LogP contribution >= 0.6 is 0 Å². The fourth-order valence-corrected chi connectivity index (χ4v) is 5.70. The van der Waals surface area contributed by atoms with E-state index >= 15 is 0 Å². The maximum atomic E-state index is 2.41. The van der Waals surface area contributed by atoms with Gasteiger partial charge in [-0.1, -0.05) is 78.9 Å². The summed E-state index contributed by atoms with van der Waals surface area (Å²) in [5, 5.41) is 6.44. The molecule has 0 N–H and O–H groups in total. The molecule has 2 heteroatoms. The molecule has 0 aliphatic carbocycles. The number of aromatic nitrogens is 2. The number of allylic oxidation sites excluding steroid dienone is 2. The molecule has 0 bridgehead atoms. The van der Waals surface area contributed by atoms with Gasteiger partial charge in [0.15, 0.2) is 0 Å². The monoisotopic (exact) mass is 466 g/mol. The molecule has 0 saturated heterocycles. The van der Waals surface area contributed by atoms with Crippen LogP contribution in [0.4, 0.5) is 0 Å². The van der Waals surface area contributed by atoms with Gasteiger partial charge in [-0.25, -0.2) is 0 Å². The largest absolute Gasteiger partial charge is 0.341 e. The Morgan fingerprint density at radius 1 is 0.722 bits per heavy atom. The van der Waals surface area contributed by atoms with E-state index in [1.807, 2.05) is 0 Å². The number of nitrogens with zero attached hydrogens (tertiary/aromatic N) is 2. The third-order valence-electron chi connectivity index (χ3n) is 7.21. The second-order valence-electron chi connectivity index (χ2n) is 9.14. The minimum atomic E-state index is 0.944. The van der Waals surface area contributed by atoms with Gasteiger partial charge in [0.1, 0.15) is 0 Å². The van der Waals surface area contributed by atoms with Crippen molar-refractivity contribution >= 4 is 44.9 Å². The average Bonchev–Trinajstić information content (AvgIpc) is 3.43. The van der Waals surface area contributed by atoms with Crippen molar-refractivity contribution < 1.29 is 0 Å². The molecule has 0 radical (unpaired) electrons. The summed E-state index contributed by atoms with van der Waals surface area (Å²) in [4.78, 5) is 0. The lowest BCUT2D eigenvalue weighted by Gasteiger charge is -2.09. The van der Waals surface area contributed by atoms with Crippen LogP contribution in [0.2, 0.25) is 0 Å². The van der Waals surface area contributed by atoms with Gasteiger partial charge in [-0.15, -0.1) is 0 Å². The van der Waals surface area contributed by atoms with Gasteiger partial charge < -0.3 is 9.13 Å². The van der Waals surface area contributed by atoms with Crippen molar-refractivity contribution in [2.45, 2.75) is 27.3 Å². The Morgan fingerprint density at radius 2 is 1.50 bits per heavy atom. The molecule has 0 fully saturated rings. The van der Waals surface area contributed by atoms with Crippen LogP contribution in [0.1, 0.15) is 20.8 Å². The van der Waals surface area contributed by atoms with Crippen molar-refractivity contribution in [3.8, 4) is 16.8 Å². The molecule has 176 valence electrons. The minimum absolute atomic E-state index is 0.944. The van der Waals surface area contributed by atoms with Crippen molar-refractivity contribution in [3.05, 3.63) is 114 Å². The van der Waals surface area contributed by atoms with Crippen molar-refractivity contribution in [2.24, 2.45) is 0 Å². The molecule has 0 saturated carbocycles. The van der Waals surface area contributed by atoms with Crippen LogP contribution < -0.4 is 10.6 Å². The first-order valence-corrected chi connectivity index (χ1v) is 12.8. The second kappa shape index (κ2) is 9.05. The van der Waals surface area contributed by atoms with E-state index in [-0.39, 0.29) is 0 Å². The minimum Gasteiger partial charge on any atom is -0.341 e. The summed E-state index contributed by atoms with van der Waals surface area (Å²) in [5.74, 6) is 0. The molecule has 2 nitrogen and oxygen atoms in total. The van der Waals surface area contributed by atoms with E-state index in [4.69, 9.17) is 0 Å². The lowest BCUT2D eigenvalue weighted by Crippen LogP contribution is -2.28. The number of benzene rings is 4. The quantitative estimate of drug-likeness (QED) is 0.253. The fraction of sp³-hybridized carbons (Fsp3) is 0.118. The van der Waals surface area contributed by atoms with E-state index in [9.17, 15) is 0 Å². The van der Waals surface area contributed by atoms with Crippen LogP contribution in [0, 0.1) is 0 Å². The maximum Gasteiger partial charge on any atom is 0.0547 e. The highest BCUT2D eigenvalue weighted by Gasteiger charge is 2.16. The molecule has 0 aliphatic heterocycles. The summed E-state index contributed by atoms with van der Waals surface area (Å²) in [6.45, 7) is 7.37. The van der Waals surface area contributed by atoms with Crippen molar-refractivity contribution in [3.63, 3.8) is 0 Å². The highest BCUT2D eigenvalue weighted by molar-refractivity contribution is 6.16. The Balaban J connectivity index is 1.71. The lowest BCUT2D eigenvalue weighted by atomic mass is 9.98. The van der Waals surface area contributed by atoms with Crippen LogP contribution in [0.25, 0.3) is 61.7 Å². The first-order chi connectivity index (χ1) is 17.8. The average molecular weight is 467 g/mol. The zero-order valence-electron chi connectivity index (χ0n) is 21.1. The third kappa shape index (κ3) is 3.33. The maximum absolute atomic E-state index is 2.41. The number of fused-ring (bicyclic) bond motifs is 4. The topological polar surface area (TPSA) is 9.86 Å². The van der Waals surface area contributed by atoms with Crippen molar-refractivity contribution in [1.29, 1.82) is 0 Å². The molecular weight excluding hydrogens is 436 g/mol. The smallest absolute Gasteiger partial charge is 0.0547 e. The van der Waals surface area contributed by atoms with Gasteiger partial charge in [0, 0.05) is 44.5 Å². The lowest BCUT2D eigenvalue weighted by molar-refractivity contribution is 0.770. The summed E-state index contributed by atoms with van der Waals surface area (Å²) in [6, 6.07) is 33.1. The molecule has 2 heterocycles. The number of aryl methyl sites for hydroxylation is 1. The SMILES string of the molecule is C\C=C/C=c1\c(=C/C)n(CC)c2ccc(-c3cccc4c3c3ccccc3n4-c3ccccc3)cc12. The highest BCUT2D eigenvalue weighted by Crippen LogP contribution is 2.38.